The summed E-state index contributed by atoms with van der Waals surface area (Å²) in [6, 6.07) is 10.7. The average molecular weight is 493 g/mol. The lowest BCUT2D eigenvalue weighted by atomic mass is 10.1. The lowest BCUT2D eigenvalue weighted by molar-refractivity contribution is -0.121. The molecule has 3 N–H and O–H groups in total. The van der Waals surface area contributed by atoms with Crippen LogP contribution < -0.4 is 10.5 Å². The molecule has 0 bridgehead atoms. The molecule has 3 rings (SSSR count). The molecule has 0 aliphatic heterocycles. The van der Waals surface area contributed by atoms with Crippen LogP contribution in [0.2, 0.25) is 0 Å². The summed E-state index contributed by atoms with van der Waals surface area (Å²) in [5.41, 5.74) is 2.10. The van der Waals surface area contributed by atoms with Crippen LogP contribution >= 0.6 is 0 Å². The monoisotopic (exact) mass is 492 g/mol. The second kappa shape index (κ2) is 9.62. The molecule has 1 unspecified atom stereocenters. The van der Waals surface area contributed by atoms with E-state index in [1.165, 1.54) is 24.3 Å². The smallest absolute Gasteiger partial charge is 0.238 e. The first-order valence-electron chi connectivity index (χ1n) is 10.5. The summed E-state index contributed by atoms with van der Waals surface area (Å²) in [7, 11) is -7.11. The SMILES string of the molecule is CCCn1c(CCC(=O)NC(C)c2ccc(S(C)(=O)=O)cc2)nc2cc(S(N)(=O)=O)ccc21. The fraction of sp³-hybridized carbons (Fsp3) is 0.364. The maximum Gasteiger partial charge on any atom is 0.238 e. The minimum Gasteiger partial charge on any atom is -0.350 e. The second-order valence-corrected chi connectivity index (χ2v) is 11.6. The number of amides is 1. The summed E-state index contributed by atoms with van der Waals surface area (Å²) < 4.78 is 48.5. The van der Waals surface area contributed by atoms with Gasteiger partial charge in [0.2, 0.25) is 15.9 Å². The standard InChI is InChI=1S/C22H28N4O5S2/c1-4-13-26-20-10-9-18(33(23,30)31)14-19(20)25-21(26)11-12-22(27)24-15(2)16-5-7-17(8-6-16)32(3,28)29/h5-10,14-15H,4,11-13H2,1-3H3,(H,24,27)(H2,23,30,31). The number of carbonyl (C=O) groups excluding carboxylic acids is 1. The number of aromatic nitrogens is 2. The number of hydrogen-bond donors (Lipinski definition) is 2. The first-order chi connectivity index (χ1) is 15.4. The van der Waals surface area contributed by atoms with Crippen molar-refractivity contribution in [3.63, 3.8) is 0 Å². The summed E-state index contributed by atoms with van der Waals surface area (Å²) in [5, 5.41) is 8.15. The Balaban J connectivity index is 1.72. The van der Waals surface area contributed by atoms with Crippen molar-refractivity contribution in [2.24, 2.45) is 5.14 Å². The summed E-state index contributed by atoms with van der Waals surface area (Å²) in [5.74, 6) is 0.522. The first-order valence-corrected chi connectivity index (χ1v) is 13.9. The molecule has 11 heteroatoms. The molecule has 178 valence electrons. The van der Waals surface area contributed by atoms with Crippen molar-refractivity contribution >= 4 is 36.8 Å². The van der Waals surface area contributed by atoms with Gasteiger partial charge in [-0.25, -0.2) is 27.0 Å². The zero-order chi connectivity index (χ0) is 24.4. The molecule has 0 aliphatic rings. The molecule has 0 radical (unpaired) electrons. The zero-order valence-electron chi connectivity index (χ0n) is 18.8. The number of rotatable bonds is 9. The van der Waals surface area contributed by atoms with E-state index in [-0.39, 0.29) is 28.2 Å². The highest BCUT2D eigenvalue weighted by molar-refractivity contribution is 7.90. The second-order valence-electron chi connectivity index (χ2n) is 8.01. The fourth-order valence-electron chi connectivity index (χ4n) is 3.63. The Bertz CT molecular complexity index is 1380. The van der Waals surface area contributed by atoms with E-state index in [1.807, 2.05) is 18.4 Å². The Morgan fingerprint density at radius 2 is 1.73 bits per heavy atom. The van der Waals surface area contributed by atoms with E-state index in [0.29, 0.717) is 24.3 Å². The third kappa shape index (κ3) is 5.98. The number of carbonyl (C=O) groups is 1. The van der Waals surface area contributed by atoms with Crippen LogP contribution in [0.4, 0.5) is 0 Å². The van der Waals surface area contributed by atoms with Crippen LogP contribution in [-0.4, -0.2) is 38.5 Å². The number of sulfone groups is 1. The molecule has 0 fully saturated rings. The van der Waals surface area contributed by atoms with Gasteiger partial charge in [-0.15, -0.1) is 0 Å². The van der Waals surface area contributed by atoms with E-state index < -0.39 is 19.9 Å². The quantitative estimate of drug-likeness (QED) is 0.469. The molecule has 0 spiro atoms. The molecule has 2 aromatic carbocycles. The van der Waals surface area contributed by atoms with Crippen molar-refractivity contribution in [2.75, 3.05) is 6.26 Å². The van der Waals surface area contributed by atoms with Crippen LogP contribution in [0, 0.1) is 0 Å². The van der Waals surface area contributed by atoms with Crippen LogP contribution in [0.1, 0.15) is 44.1 Å². The molecule has 0 aliphatic carbocycles. The van der Waals surface area contributed by atoms with Gasteiger partial charge < -0.3 is 9.88 Å². The normalized spacial score (nSPS) is 13.2. The number of sulfonamides is 1. The third-order valence-corrected chi connectivity index (χ3v) is 7.38. The van der Waals surface area contributed by atoms with Crippen LogP contribution in [-0.2, 0) is 37.6 Å². The highest BCUT2D eigenvalue weighted by Gasteiger charge is 2.17. The first kappa shape index (κ1) is 24.9. The van der Waals surface area contributed by atoms with Crippen molar-refractivity contribution in [3.8, 4) is 0 Å². The summed E-state index contributed by atoms with van der Waals surface area (Å²) in [4.78, 5) is 17.3. The Morgan fingerprint density at radius 1 is 1.09 bits per heavy atom. The van der Waals surface area contributed by atoms with Crippen molar-refractivity contribution in [1.29, 1.82) is 0 Å². The van der Waals surface area contributed by atoms with Gasteiger partial charge in [0.05, 0.1) is 26.9 Å². The third-order valence-electron chi connectivity index (χ3n) is 5.34. The zero-order valence-corrected chi connectivity index (χ0v) is 20.4. The van der Waals surface area contributed by atoms with Gasteiger partial charge in [0.15, 0.2) is 9.84 Å². The Labute approximate surface area is 194 Å². The predicted octanol–water partition coefficient (Wildman–Crippen LogP) is 2.31. The number of primary sulfonamides is 1. The largest absolute Gasteiger partial charge is 0.350 e. The van der Waals surface area contributed by atoms with Gasteiger partial charge in [-0.2, -0.15) is 0 Å². The number of nitrogens with zero attached hydrogens (tertiary/aromatic N) is 2. The van der Waals surface area contributed by atoms with Gasteiger partial charge in [0.25, 0.3) is 0 Å². The number of fused-ring (bicyclic) bond motifs is 1. The van der Waals surface area contributed by atoms with Gasteiger partial charge in [0.1, 0.15) is 5.82 Å². The van der Waals surface area contributed by atoms with Crippen LogP contribution in [0.5, 0.6) is 0 Å². The minimum atomic E-state index is -3.83. The Hall–Kier alpha value is -2.76. The number of aryl methyl sites for hydroxylation is 2. The molecule has 0 saturated heterocycles. The van der Waals surface area contributed by atoms with Crippen molar-refractivity contribution in [1.82, 2.24) is 14.9 Å². The number of imidazole rings is 1. The molecule has 1 atom stereocenters. The highest BCUT2D eigenvalue weighted by atomic mass is 32.2. The van der Waals surface area contributed by atoms with Gasteiger partial charge in [0, 0.05) is 25.6 Å². The van der Waals surface area contributed by atoms with E-state index in [9.17, 15) is 21.6 Å². The fourth-order valence-corrected chi connectivity index (χ4v) is 4.79. The number of nitrogens with one attached hydrogen (secondary N) is 1. The van der Waals surface area contributed by atoms with Crippen molar-refractivity contribution < 1.29 is 21.6 Å². The van der Waals surface area contributed by atoms with E-state index in [0.717, 1.165) is 23.8 Å². The van der Waals surface area contributed by atoms with Gasteiger partial charge >= 0.3 is 0 Å². The lowest BCUT2D eigenvalue weighted by Gasteiger charge is -2.15. The minimum absolute atomic E-state index is 0.00356. The predicted molar refractivity (Wildman–Crippen MR) is 126 cm³/mol. The van der Waals surface area contributed by atoms with Crippen LogP contribution in [0.3, 0.4) is 0 Å². The summed E-state index contributed by atoms with van der Waals surface area (Å²) >= 11 is 0. The molecule has 33 heavy (non-hydrogen) atoms. The van der Waals surface area contributed by atoms with Crippen molar-refractivity contribution in [3.05, 3.63) is 53.9 Å². The van der Waals surface area contributed by atoms with E-state index in [1.54, 1.807) is 18.2 Å². The van der Waals surface area contributed by atoms with Crippen LogP contribution in [0.25, 0.3) is 11.0 Å². The summed E-state index contributed by atoms with van der Waals surface area (Å²) in [6.07, 6.45) is 2.57. The number of nitrogens with two attached hydrogens (primary N) is 1. The topological polar surface area (TPSA) is 141 Å². The van der Waals surface area contributed by atoms with Gasteiger partial charge in [-0.3, -0.25) is 4.79 Å². The van der Waals surface area contributed by atoms with Crippen LogP contribution in [0.15, 0.2) is 52.3 Å². The van der Waals surface area contributed by atoms with Crippen molar-refractivity contribution in [2.45, 2.75) is 55.5 Å². The number of hydrogen-bond acceptors (Lipinski definition) is 6. The maximum atomic E-state index is 12.6. The lowest BCUT2D eigenvalue weighted by Crippen LogP contribution is -2.27. The van der Waals surface area contributed by atoms with E-state index in [4.69, 9.17) is 5.14 Å². The van der Waals surface area contributed by atoms with Gasteiger partial charge in [-0.1, -0.05) is 19.1 Å². The average Bonchev–Trinajstić information content (AvgIpc) is 3.08. The molecular weight excluding hydrogens is 464 g/mol. The Morgan fingerprint density at radius 3 is 2.30 bits per heavy atom. The van der Waals surface area contributed by atoms with E-state index >= 15 is 0 Å². The molecule has 1 heterocycles. The molecular formula is C22H28N4O5S2. The van der Waals surface area contributed by atoms with E-state index in [2.05, 4.69) is 10.3 Å². The molecule has 9 nitrogen and oxygen atoms in total. The molecule has 0 saturated carbocycles. The number of benzene rings is 2. The molecule has 1 aromatic heterocycles. The Kier molecular flexibility index (Phi) is 7.25. The molecule has 1 amide bonds. The highest BCUT2D eigenvalue weighted by Crippen LogP contribution is 2.22. The molecule has 3 aromatic rings. The maximum absolute atomic E-state index is 12.6. The van der Waals surface area contributed by atoms with Gasteiger partial charge in [-0.05, 0) is 49.2 Å². The summed E-state index contributed by atoms with van der Waals surface area (Å²) in [6.45, 7) is 4.54.